The first-order valence-electron chi connectivity index (χ1n) is 6.65. The zero-order valence-corrected chi connectivity index (χ0v) is 13.3. The van der Waals surface area contributed by atoms with Crippen LogP contribution in [-0.4, -0.2) is 18.9 Å². The van der Waals surface area contributed by atoms with Gasteiger partial charge in [-0.25, -0.2) is 4.79 Å². The Kier molecular flexibility index (Phi) is 4.20. The maximum absolute atomic E-state index is 12.1. The summed E-state index contributed by atoms with van der Waals surface area (Å²) in [7, 11) is 0. The Balaban J connectivity index is 1.62. The first kappa shape index (κ1) is 14.7. The number of fused-ring (bicyclic) bond motifs is 1. The van der Waals surface area contributed by atoms with Crippen LogP contribution in [0, 0.1) is 0 Å². The molecule has 2 aromatic carbocycles. The van der Waals surface area contributed by atoms with Gasteiger partial charge >= 0.3 is 5.97 Å². The van der Waals surface area contributed by atoms with Crippen molar-refractivity contribution in [2.45, 2.75) is 13.0 Å². The van der Waals surface area contributed by atoms with E-state index in [1.807, 2.05) is 12.1 Å². The van der Waals surface area contributed by atoms with E-state index in [-0.39, 0.29) is 6.79 Å². The van der Waals surface area contributed by atoms with E-state index < -0.39 is 12.1 Å². The van der Waals surface area contributed by atoms with Crippen molar-refractivity contribution >= 4 is 21.9 Å². The minimum Gasteiger partial charge on any atom is -0.479 e. The lowest BCUT2D eigenvalue weighted by Gasteiger charge is -2.14. The molecule has 1 aliphatic heterocycles. The number of carbonyl (C=O) groups is 1. The van der Waals surface area contributed by atoms with Crippen molar-refractivity contribution in [2.75, 3.05) is 6.79 Å². The largest absolute Gasteiger partial charge is 0.479 e. The molecule has 1 atom stereocenters. The number of hydrogen-bond donors (Lipinski definition) is 0. The highest BCUT2D eigenvalue weighted by molar-refractivity contribution is 9.10. The van der Waals surface area contributed by atoms with Crippen LogP contribution in [0.15, 0.2) is 46.9 Å². The van der Waals surface area contributed by atoms with Crippen molar-refractivity contribution in [3.05, 3.63) is 46.9 Å². The Morgan fingerprint density at radius 2 is 1.77 bits per heavy atom. The molecule has 0 aliphatic carbocycles. The van der Waals surface area contributed by atoms with Crippen LogP contribution in [0.5, 0.6) is 23.0 Å². The molecule has 22 heavy (non-hydrogen) atoms. The summed E-state index contributed by atoms with van der Waals surface area (Å²) in [4.78, 5) is 12.1. The second kappa shape index (κ2) is 6.27. The molecule has 1 heterocycles. The zero-order chi connectivity index (χ0) is 15.5. The van der Waals surface area contributed by atoms with Gasteiger partial charge in [0, 0.05) is 10.5 Å². The third-order valence-corrected chi connectivity index (χ3v) is 3.55. The molecule has 0 fully saturated rings. The molecule has 0 aromatic heterocycles. The van der Waals surface area contributed by atoms with Crippen LogP contribution in [0.1, 0.15) is 6.92 Å². The number of rotatable bonds is 4. The summed E-state index contributed by atoms with van der Waals surface area (Å²) in [6.45, 7) is 1.81. The van der Waals surface area contributed by atoms with Gasteiger partial charge in [-0.05, 0) is 43.3 Å². The molecule has 1 unspecified atom stereocenters. The second-order valence-electron chi connectivity index (χ2n) is 4.65. The first-order chi connectivity index (χ1) is 10.6. The fraction of sp³-hybridized carbons (Fsp3) is 0.188. The summed E-state index contributed by atoms with van der Waals surface area (Å²) >= 11 is 3.34. The molecule has 114 valence electrons. The molecule has 0 saturated heterocycles. The number of halogens is 1. The van der Waals surface area contributed by atoms with Crippen molar-refractivity contribution in [2.24, 2.45) is 0 Å². The monoisotopic (exact) mass is 364 g/mol. The van der Waals surface area contributed by atoms with Crippen molar-refractivity contribution < 1.29 is 23.7 Å². The Hall–Kier alpha value is -2.21. The molecular weight excluding hydrogens is 352 g/mol. The van der Waals surface area contributed by atoms with E-state index in [1.165, 1.54) is 0 Å². The van der Waals surface area contributed by atoms with Crippen LogP contribution >= 0.6 is 15.9 Å². The van der Waals surface area contributed by atoms with Crippen molar-refractivity contribution in [3.8, 4) is 23.0 Å². The van der Waals surface area contributed by atoms with Crippen LogP contribution < -0.4 is 18.9 Å². The minimum absolute atomic E-state index is 0.176. The number of benzene rings is 2. The van der Waals surface area contributed by atoms with Gasteiger partial charge in [0.25, 0.3) is 0 Å². The molecule has 0 saturated carbocycles. The van der Waals surface area contributed by atoms with Crippen LogP contribution in [0.4, 0.5) is 0 Å². The third-order valence-electron chi connectivity index (χ3n) is 3.02. The predicted molar refractivity (Wildman–Crippen MR) is 82.4 cm³/mol. The van der Waals surface area contributed by atoms with Crippen LogP contribution in [0.25, 0.3) is 0 Å². The van der Waals surface area contributed by atoms with Gasteiger partial charge in [0.15, 0.2) is 17.6 Å². The summed E-state index contributed by atoms with van der Waals surface area (Å²) in [6, 6.07) is 12.2. The maximum Gasteiger partial charge on any atom is 0.352 e. The Labute approximate surface area is 135 Å². The fourth-order valence-electron chi connectivity index (χ4n) is 1.90. The van der Waals surface area contributed by atoms with Crippen molar-refractivity contribution in [1.82, 2.24) is 0 Å². The molecule has 3 rings (SSSR count). The minimum atomic E-state index is -0.730. The molecule has 6 heteroatoms. The van der Waals surface area contributed by atoms with Crippen molar-refractivity contribution in [1.29, 1.82) is 0 Å². The summed E-state index contributed by atoms with van der Waals surface area (Å²) < 4.78 is 22.2. The van der Waals surface area contributed by atoms with E-state index in [4.69, 9.17) is 18.9 Å². The molecule has 1 aliphatic rings. The molecule has 0 amide bonds. The molecule has 0 spiro atoms. The standard InChI is InChI=1S/C16H13BrO5/c1-10(21-12-4-2-11(17)3-5-12)16(18)22-13-6-7-14-15(8-13)20-9-19-14/h2-8,10H,9H2,1H3. The normalized spacial score (nSPS) is 13.5. The van der Waals surface area contributed by atoms with Crippen molar-refractivity contribution in [3.63, 3.8) is 0 Å². The van der Waals surface area contributed by atoms with Gasteiger partial charge in [0.1, 0.15) is 11.5 Å². The maximum atomic E-state index is 12.1. The highest BCUT2D eigenvalue weighted by atomic mass is 79.9. The van der Waals surface area contributed by atoms with Crippen LogP contribution in [0.3, 0.4) is 0 Å². The quantitative estimate of drug-likeness (QED) is 0.613. The lowest BCUT2D eigenvalue weighted by Crippen LogP contribution is -2.28. The average Bonchev–Trinajstić information content (AvgIpc) is 2.97. The summed E-state index contributed by atoms with van der Waals surface area (Å²) in [6.07, 6.45) is -0.730. The number of hydrogen-bond acceptors (Lipinski definition) is 5. The molecule has 5 nitrogen and oxygen atoms in total. The summed E-state index contributed by atoms with van der Waals surface area (Å²) in [5.74, 6) is 1.70. The Bertz CT molecular complexity index is 683. The molecule has 0 N–H and O–H groups in total. The predicted octanol–water partition coefficient (Wildman–Crippen LogP) is 3.55. The number of ether oxygens (including phenoxy) is 4. The van der Waals surface area contributed by atoms with Gasteiger partial charge in [-0.15, -0.1) is 0 Å². The third kappa shape index (κ3) is 3.33. The van der Waals surface area contributed by atoms with E-state index in [2.05, 4.69) is 15.9 Å². The van der Waals surface area contributed by atoms with Gasteiger partial charge in [-0.3, -0.25) is 0 Å². The lowest BCUT2D eigenvalue weighted by atomic mass is 10.3. The van der Waals surface area contributed by atoms with E-state index in [1.54, 1.807) is 37.3 Å². The number of carbonyl (C=O) groups excluding carboxylic acids is 1. The molecule has 0 bridgehead atoms. The van der Waals surface area contributed by atoms with E-state index >= 15 is 0 Å². The van der Waals surface area contributed by atoms with Gasteiger partial charge in [-0.2, -0.15) is 0 Å². The Morgan fingerprint density at radius 1 is 1.09 bits per heavy atom. The number of esters is 1. The van der Waals surface area contributed by atoms with Gasteiger partial charge in [0.05, 0.1) is 0 Å². The first-order valence-corrected chi connectivity index (χ1v) is 7.45. The lowest BCUT2D eigenvalue weighted by molar-refractivity contribution is -0.141. The fourth-order valence-corrected chi connectivity index (χ4v) is 2.17. The Morgan fingerprint density at radius 3 is 2.55 bits per heavy atom. The molecule has 2 aromatic rings. The second-order valence-corrected chi connectivity index (χ2v) is 5.57. The van der Waals surface area contributed by atoms with E-state index in [0.29, 0.717) is 23.0 Å². The zero-order valence-electron chi connectivity index (χ0n) is 11.7. The average molecular weight is 365 g/mol. The van der Waals surface area contributed by atoms with Crippen LogP contribution in [0.2, 0.25) is 0 Å². The topological polar surface area (TPSA) is 54.0 Å². The smallest absolute Gasteiger partial charge is 0.352 e. The highest BCUT2D eigenvalue weighted by Crippen LogP contribution is 2.35. The van der Waals surface area contributed by atoms with E-state index in [0.717, 1.165) is 4.47 Å². The molecular formula is C16H13BrO5. The van der Waals surface area contributed by atoms with Crippen LogP contribution in [-0.2, 0) is 4.79 Å². The van der Waals surface area contributed by atoms with Gasteiger partial charge in [0.2, 0.25) is 6.79 Å². The summed E-state index contributed by atoms with van der Waals surface area (Å²) in [5.41, 5.74) is 0. The van der Waals surface area contributed by atoms with Gasteiger partial charge in [-0.1, -0.05) is 15.9 Å². The van der Waals surface area contributed by atoms with Gasteiger partial charge < -0.3 is 18.9 Å². The SMILES string of the molecule is CC(Oc1ccc(Br)cc1)C(=O)Oc1ccc2c(c1)OCO2. The van der Waals surface area contributed by atoms with E-state index in [9.17, 15) is 4.79 Å². The highest BCUT2D eigenvalue weighted by Gasteiger charge is 2.19. The summed E-state index contributed by atoms with van der Waals surface area (Å²) in [5, 5.41) is 0. The molecule has 0 radical (unpaired) electrons.